The molecule has 0 aliphatic rings. The van der Waals surface area contributed by atoms with Crippen LogP contribution in [0, 0.1) is 6.92 Å². The SMILES string of the molecule is CNCN(C)c1cc(C)cc(Cl)c1. The third-order valence-electron chi connectivity index (χ3n) is 1.86. The van der Waals surface area contributed by atoms with Crippen molar-refractivity contribution in [3.63, 3.8) is 0 Å². The van der Waals surface area contributed by atoms with E-state index >= 15 is 0 Å². The molecule has 0 aliphatic heterocycles. The minimum absolute atomic E-state index is 0.790. The number of hydrogen-bond donors (Lipinski definition) is 1. The van der Waals surface area contributed by atoms with Crippen molar-refractivity contribution in [2.24, 2.45) is 0 Å². The third-order valence-corrected chi connectivity index (χ3v) is 2.08. The molecule has 1 aromatic rings. The third kappa shape index (κ3) is 2.90. The molecule has 13 heavy (non-hydrogen) atoms. The van der Waals surface area contributed by atoms with Crippen LogP contribution in [0.1, 0.15) is 5.56 Å². The van der Waals surface area contributed by atoms with E-state index < -0.39 is 0 Å². The van der Waals surface area contributed by atoms with Crippen LogP contribution >= 0.6 is 11.6 Å². The van der Waals surface area contributed by atoms with Gasteiger partial charge >= 0.3 is 0 Å². The van der Waals surface area contributed by atoms with Gasteiger partial charge in [0.25, 0.3) is 0 Å². The standard InChI is InChI=1S/C10H15ClN2/c1-8-4-9(11)6-10(5-8)13(3)7-12-2/h4-6,12H,7H2,1-3H3. The summed E-state index contributed by atoms with van der Waals surface area (Å²) in [4.78, 5) is 2.11. The zero-order valence-electron chi connectivity index (χ0n) is 8.26. The van der Waals surface area contributed by atoms with E-state index in [0.717, 1.165) is 17.4 Å². The van der Waals surface area contributed by atoms with Crippen LogP contribution in [0.4, 0.5) is 5.69 Å². The Balaban J connectivity index is 2.87. The predicted molar refractivity (Wildman–Crippen MR) is 58.5 cm³/mol. The molecule has 0 fully saturated rings. The Kier molecular flexibility index (Phi) is 3.58. The molecule has 0 radical (unpaired) electrons. The van der Waals surface area contributed by atoms with Crippen molar-refractivity contribution in [2.75, 3.05) is 25.7 Å². The largest absolute Gasteiger partial charge is 0.362 e. The van der Waals surface area contributed by atoms with E-state index in [1.54, 1.807) is 0 Å². The highest BCUT2D eigenvalue weighted by molar-refractivity contribution is 6.30. The first kappa shape index (κ1) is 10.4. The second-order valence-electron chi connectivity index (χ2n) is 3.20. The minimum Gasteiger partial charge on any atom is -0.362 e. The fraction of sp³-hybridized carbons (Fsp3) is 0.400. The molecule has 2 nitrogen and oxygen atoms in total. The van der Waals surface area contributed by atoms with Crippen molar-refractivity contribution in [2.45, 2.75) is 6.92 Å². The number of halogens is 1. The van der Waals surface area contributed by atoms with E-state index in [4.69, 9.17) is 11.6 Å². The van der Waals surface area contributed by atoms with Gasteiger partial charge in [0.05, 0.1) is 6.67 Å². The molecule has 0 aliphatic carbocycles. The Morgan fingerprint density at radius 2 is 2.08 bits per heavy atom. The molecule has 0 saturated carbocycles. The number of anilines is 1. The van der Waals surface area contributed by atoms with E-state index in [1.165, 1.54) is 5.56 Å². The molecule has 0 saturated heterocycles. The van der Waals surface area contributed by atoms with Crippen LogP contribution in [0.15, 0.2) is 18.2 Å². The van der Waals surface area contributed by atoms with Crippen LogP contribution < -0.4 is 10.2 Å². The number of aryl methyl sites for hydroxylation is 1. The minimum atomic E-state index is 0.790. The van der Waals surface area contributed by atoms with Gasteiger partial charge in [0.1, 0.15) is 0 Å². The number of nitrogens with zero attached hydrogens (tertiary/aromatic N) is 1. The Morgan fingerprint density at radius 3 is 2.62 bits per heavy atom. The monoisotopic (exact) mass is 198 g/mol. The van der Waals surface area contributed by atoms with Crippen LogP contribution in [0.5, 0.6) is 0 Å². The van der Waals surface area contributed by atoms with Gasteiger partial charge in [0, 0.05) is 17.8 Å². The van der Waals surface area contributed by atoms with E-state index in [-0.39, 0.29) is 0 Å². The van der Waals surface area contributed by atoms with Crippen molar-refractivity contribution < 1.29 is 0 Å². The average molecular weight is 199 g/mol. The summed E-state index contributed by atoms with van der Waals surface area (Å²) in [5, 5.41) is 3.88. The molecule has 0 amide bonds. The summed E-state index contributed by atoms with van der Waals surface area (Å²) in [5.74, 6) is 0. The van der Waals surface area contributed by atoms with Crippen molar-refractivity contribution in [3.05, 3.63) is 28.8 Å². The molecule has 0 bridgehead atoms. The fourth-order valence-corrected chi connectivity index (χ4v) is 1.55. The first-order valence-corrected chi connectivity index (χ1v) is 4.64. The summed E-state index contributed by atoms with van der Waals surface area (Å²) in [6, 6.07) is 6.04. The van der Waals surface area contributed by atoms with E-state index in [9.17, 15) is 0 Å². The number of benzene rings is 1. The Labute approximate surface area is 84.5 Å². The molecule has 0 heterocycles. The molecule has 0 atom stereocenters. The van der Waals surface area contributed by atoms with E-state index in [2.05, 4.69) is 16.3 Å². The normalized spacial score (nSPS) is 10.2. The number of hydrogen-bond acceptors (Lipinski definition) is 2. The molecule has 1 N–H and O–H groups in total. The smallest absolute Gasteiger partial charge is 0.0676 e. The molecular formula is C10H15ClN2. The Hall–Kier alpha value is -0.730. The number of rotatable bonds is 3. The van der Waals surface area contributed by atoms with Gasteiger partial charge in [0.2, 0.25) is 0 Å². The Morgan fingerprint density at radius 1 is 1.38 bits per heavy atom. The summed E-state index contributed by atoms with van der Waals surface area (Å²) in [6.45, 7) is 2.86. The maximum Gasteiger partial charge on any atom is 0.0676 e. The molecule has 1 aromatic carbocycles. The lowest BCUT2D eigenvalue weighted by atomic mass is 10.2. The quantitative estimate of drug-likeness (QED) is 0.750. The first-order valence-electron chi connectivity index (χ1n) is 4.26. The topological polar surface area (TPSA) is 15.3 Å². The van der Waals surface area contributed by atoms with Crippen molar-refractivity contribution >= 4 is 17.3 Å². The van der Waals surface area contributed by atoms with Crippen LogP contribution in [0.2, 0.25) is 5.02 Å². The molecule has 1 rings (SSSR count). The van der Waals surface area contributed by atoms with Gasteiger partial charge < -0.3 is 10.2 Å². The Bertz CT molecular complexity index is 266. The lowest BCUT2D eigenvalue weighted by Crippen LogP contribution is -2.28. The van der Waals surface area contributed by atoms with Crippen molar-refractivity contribution in [1.82, 2.24) is 5.32 Å². The molecule has 0 unspecified atom stereocenters. The van der Waals surface area contributed by atoms with Crippen molar-refractivity contribution in [1.29, 1.82) is 0 Å². The average Bonchev–Trinajstić information content (AvgIpc) is 2.03. The highest BCUT2D eigenvalue weighted by atomic mass is 35.5. The highest BCUT2D eigenvalue weighted by Gasteiger charge is 2.00. The van der Waals surface area contributed by atoms with E-state index in [1.807, 2.05) is 33.2 Å². The highest BCUT2D eigenvalue weighted by Crippen LogP contribution is 2.20. The zero-order valence-corrected chi connectivity index (χ0v) is 9.02. The van der Waals surface area contributed by atoms with Gasteiger partial charge in [-0.25, -0.2) is 0 Å². The summed E-state index contributed by atoms with van der Waals surface area (Å²) in [5.41, 5.74) is 2.32. The van der Waals surface area contributed by atoms with Crippen LogP contribution in [0.3, 0.4) is 0 Å². The van der Waals surface area contributed by atoms with Gasteiger partial charge in [-0.05, 0) is 37.7 Å². The van der Waals surface area contributed by atoms with Gasteiger partial charge in [-0.1, -0.05) is 11.6 Å². The molecule has 3 heteroatoms. The zero-order chi connectivity index (χ0) is 9.84. The second-order valence-corrected chi connectivity index (χ2v) is 3.63. The summed E-state index contributed by atoms with van der Waals surface area (Å²) < 4.78 is 0. The predicted octanol–water partition coefficient (Wildman–Crippen LogP) is 2.26. The maximum atomic E-state index is 5.95. The maximum absolute atomic E-state index is 5.95. The van der Waals surface area contributed by atoms with Gasteiger partial charge in [0.15, 0.2) is 0 Å². The summed E-state index contributed by atoms with van der Waals surface area (Å²) >= 11 is 5.95. The lowest BCUT2D eigenvalue weighted by molar-refractivity contribution is 0.776. The molecular weight excluding hydrogens is 184 g/mol. The van der Waals surface area contributed by atoms with Crippen LogP contribution in [-0.2, 0) is 0 Å². The van der Waals surface area contributed by atoms with E-state index in [0.29, 0.717) is 0 Å². The summed E-state index contributed by atoms with van der Waals surface area (Å²) in [7, 11) is 3.95. The van der Waals surface area contributed by atoms with Gasteiger partial charge in [-0.3, -0.25) is 0 Å². The first-order chi connectivity index (χ1) is 6.13. The van der Waals surface area contributed by atoms with Crippen molar-refractivity contribution in [3.8, 4) is 0 Å². The fourth-order valence-electron chi connectivity index (χ4n) is 1.27. The van der Waals surface area contributed by atoms with Crippen LogP contribution in [-0.4, -0.2) is 20.8 Å². The molecule has 0 spiro atoms. The number of nitrogens with one attached hydrogen (secondary N) is 1. The second kappa shape index (κ2) is 4.49. The summed E-state index contributed by atoms with van der Waals surface area (Å²) in [6.07, 6.45) is 0. The van der Waals surface area contributed by atoms with Gasteiger partial charge in [-0.2, -0.15) is 0 Å². The lowest BCUT2D eigenvalue weighted by Gasteiger charge is -2.19. The molecule has 0 aromatic heterocycles. The van der Waals surface area contributed by atoms with Crippen LogP contribution in [0.25, 0.3) is 0 Å². The molecule has 72 valence electrons. The van der Waals surface area contributed by atoms with Gasteiger partial charge in [-0.15, -0.1) is 0 Å².